The van der Waals surface area contributed by atoms with Crippen LogP contribution in [-0.4, -0.2) is 58.6 Å². The van der Waals surface area contributed by atoms with Crippen LogP contribution in [0.3, 0.4) is 0 Å². The van der Waals surface area contributed by atoms with Crippen molar-refractivity contribution in [1.29, 1.82) is 0 Å². The average molecular weight is 406 g/mol. The summed E-state index contributed by atoms with van der Waals surface area (Å²) < 4.78 is 31.2. The van der Waals surface area contributed by atoms with E-state index in [0.717, 1.165) is 5.56 Å². The normalized spacial score (nSPS) is 31.1. The van der Waals surface area contributed by atoms with Gasteiger partial charge < -0.3 is 34.6 Å². The van der Waals surface area contributed by atoms with E-state index < -0.39 is 42.6 Å². The van der Waals surface area contributed by atoms with Gasteiger partial charge in [0.2, 0.25) is 5.79 Å². The van der Waals surface area contributed by atoms with Crippen LogP contribution in [0.25, 0.3) is 0 Å². The van der Waals surface area contributed by atoms with E-state index in [1.165, 1.54) is 6.07 Å². The SMILES string of the molecule is COc1ccc(Cc2cc3c(cc2F)COC32O[C@H](CO)[C@@H](O)[C@H](O)[C@H]2O)cc1. The Balaban J connectivity index is 1.71. The number of aliphatic hydroxyl groups is 4. The van der Waals surface area contributed by atoms with Gasteiger partial charge in [-0.3, -0.25) is 0 Å². The fourth-order valence-corrected chi connectivity index (χ4v) is 3.95. The molecule has 1 saturated heterocycles. The van der Waals surface area contributed by atoms with Crippen molar-refractivity contribution in [3.8, 4) is 5.75 Å². The summed E-state index contributed by atoms with van der Waals surface area (Å²) in [6.07, 6.45) is -5.56. The zero-order chi connectivity index (χ0) is 20.8. The zero-order valence-corrected chi connectivity index (χ0v) is 15.8. The molecule has 2 aromatic rings. The molecule has 4 N–H and O–H groups in total. The van der Waals surface area contributed by atoms with Crippen molar-refractivity contribution in [2.24, 2.45) is 0 Å². The maximum absolute atomic E-state index is 14.7. The molecule has 8 heteroatoms. The number of rotatable bonds is 4. The van der Waals surface area contributed by atoms with Crippen molar-refractivity contribution >= 4 is 0 Å². The van der Waals surface area contributed by atoms with Crippen LogP contribution in [0.4, 0.5) is 4.39 Å². The third-order valence-electron chi connectivity index (χ3n) is 5.59. The van der Waals surface area contributed by atoms with Crippen LogP contribution < -0.4 is 4.74 Å². The molecule has 2 heterocycles. The quantitative estimate of drug-likeness (QED) is 0.588. The zero-order valence-electron chi connectivity index (χ0n) is 15.8. The van der Waals surface area contributed by atoms with Crippen molar-refractivity contribution in [1.82, 2.24) is 0 Å². The van der Waals surface area contributed by atoms with Gasteiger partial charge in [-0.1, -0.05) is 12.1 Å². The van der Waals surface area contributed by atoms with Crippen molar-refractivity contribution < 1.29 is 39.0 Å². The smallest absolute Gasteiger partial charge is 0.225 e. The molecule has 0 bridgehead atoms. The van der Waals surface area contributed by atoms with Crippen molar-refractivity contribution in [2.75, 3.05) is 13.7 Å². The first-order chi connectivity index (χ1) is 13.9. The van der Waals surface area contributed by atoms with Gasteiger partial charge in [-0.05, 0) is 41.0 Å². The lowest BCUT2D eigenvalue weighted by Gasteiger charge is -2.46. The standard InChI is InChI=1S/C21H23FO7/c1-27-14-4-2-11(3-5-14)6-12-7-15-13(8-16(12)22)10-28-21(15)20(26)19(25)18(24)17(9-23)29-21/h2-5,7-8,17-20,23-26H,6,9-10H2,1H3/t17-,18-,19+,20-,21?/m1/s1. The van der Waals surface area contributed by atoms with Crippen LogP contribution in [0.15, 0.2) is 36.4 Å². The lowest BCUT2D eigenvalue weighted by Crippen LogP contribution is -2.63. The van der Waals surface area contributed by atoms with Crippen molar-refractivity contribution in [3.05, 3.63) is 64.5 Å². The van der Waals surface area contributed by atoms with Crippen LogP contribution in [-0.2, 0) is 28.3 Å². The molecule has 1 fully saturated rings. The Labute approximate surface area is 166 Å². The molecular weight excluding hydrogens is 383 g/mol. The molecular formula is C21H23FO7. The van der Waals surface area contributed by atoms with Gasteiger partial charge in [-0.15, -0.1) is 0 Å². The Bertz CT molecular complexity index is 885. The van der Waals surface area contributed by atoms with Crippen LogP contribution >= 0.6 is 0 Å². The van der Waals surface area contributed by atoms with Crippen LogP contribution in [0, 0.1) is 5.82 Å². The molecule has 2 aliphatic rings. The second-order valence-corrected chi connectivity index (χ2v) is 7.35. The summed E-state index contributed by atoms with van der Waals surface area (Å²) in [6.45, 7) is -0.613. The molecule has 156 valence electrons. The first-order valence-corrected chi connectivity index (χ1v) is 9.31. The number of fused-ring (bicyclic) bond motifs is 2. The largest absolute Gasteiger partial charge is 0.497 e. The molecule has 7 nitrogen and oxygen atoms in total. The van der Waals surface area contributed by atoms with Gasteiger partial charge in [-0.25, -0.2) is 4.39 Å². The first-order valence-electron chi connectivity index (χ1n) is 9.31. The molecule has 0 radical (unpaired) electrons. The van der Waals surface area contributed by atoms with E-state index in [9.17, 15) is 24.8 Å². The second-order valence-electron chi connectivity index (χ2n) is 7.35. The number of benzene rings is 2. The topological polar surface area (TPSA) is 109 Å². The van der Waals surface area contributed by atoms with Gasteiger partial charge in [0.05, 0.1) is 20.3 Å². The summed E-state index contributed by atoms with van der Waals surface area (Å²) in [5.74, 6) is -1.52. The number of methoxy groups -OCH3 is 1. The predicted octanol–water partition coefficient (Wildman–Crippen LogP) is 0.582. The van der Waals surface area contributed by atoms with E-state index in [1.54, 1.807) is 25.3 Å². The van der Waals surface area contributed by atoms with Crippen LogP contribution in [0.1, 0.15) is 22.3 Å². The second kappa shape index (κ2) is 7.64. The molecule has 2 aromatic carbocycles. The average Bonchev–Trinajstić information content (AvgIpc) is 3.08. The minimum absolute atomic E-state index is 0.0346. The van der Waals surface area contributed by atoms with Gasteiger partial charge in [0.25, 0.3) is 0 Å². The Hall–Kier alpha value is -2.07. The minimum atomic E-state index is -1.79. The summed E-state index contributed by atoms with van der Waals surface area (Å²) in [5.41, 5.74) is 2.06. The minimum Gasteiger partial charge on any atom is -0.497 e. The summed E-state index contributed by atoms with van der Waals surface area (Å²) in [7, 11) is 1.56. The van der Waals surface area contributed by atoms with Crippen LogP contribution in [0.2, 0.25) is 0 Å². The third kappa shape index (κ3) is 3.31. The van der Waals surface area contributed by atoms with Gasteiger partial charge in [0.1, 0.15) is 36.0 Å². The lowest BCUT2D eigenvalue weighted by molar-refractivity contribution is -0.368. The molecule has 2 aliphatic heterocycles. The molecule has 0 aromatic heterocycles. The molecule has 1 spiro atoms. The lowest BCUT2D eigenvalue weighted by atomic mass is 9.86. The van der Waals surface area contributed by atoms with Gasteiger partial charge in [0, 0.05) is 12.0 Å². The number of aliphatic hydroxyl groups excluding tert-OH is 4. The molecule has 0 saturated carbocycles. The van der Waals surface area contributed by atoms with Gasteiger partial charge in [0.15, 0.2) is 0 Å². The third-order valence-corrected chi connectivity index (χ3v) is 5.59. The Kier molecular flexibility index (Phi) is 5.32. The highest BCUT2D eigenvalue weighted by Crippen LogP contribution is 2.46. The summed E-state index contributed by atoms with van der Waals surface area (Å²) in [4.78, 5) is 0. The van der Waals surface area contributed by atoms with E-state index in [0.29, 0.717) is 22.4 Å². The Morgan fingerprint density at radius 1 is 1.14 bits per heavy atom. The van der Waals surface area contributed by atoms with E-state index in [1.807, 2.05) is 12.1 Å². The molecule has 5 atom stereocenters. The van der Waals surface area contributed by atoms with E-state index in [4.69, 9.17) is 14.2 Å². The molecule has 1 unspecified atom stereocenters. The predicted molar refractivity (Wildman–Crippen MR) is 98.6 cm³/mol. The van der Waals surface area contributed by atoms with Crippen molar-refractivity contribution in [3.63, 3.8) is 0 Å². The fourth-order valence-electron chi connectivity index (χ4n) is 3.95. The number of halogens is 1. The highest BCUT2D eigenvalue weighted by Gasteiger charge is 2.58. The molecule has 29 heavy (non-hydrogen) atoms. The highest BCUT2D eigenvalue weighted by atomic mass is 19.1. The van der Waals surface area contributed by atoms with E-state index in [-0.39, 0.29) is 13.0 Å². The van der Waals surface area contributed by atoms with Gasteiger partial charge in [-0.2, -0.15) is 0 Å². The number of hydrogen-bond donors (Lipinski definition) is 4. The monoisotopic (exact) mass is 406 g/mol. The fraction of sp³-hybridized carbons (Fsp3) is 0.429. The molecule has 0 amide bonds. The Morgan fingerprint density at radius 3 is 2.52 bits per heavy atom. The number of hydrogen-bond acceptors (Lipinski definition) is 7. The number of ether oxygens (including phenoxy) is 3. The summed E-state index contributed by atoms with van der Waals surface area (Å²) in [5, 5.41) is 40.4. The summed E-state index contributed by atoms with van der Waals surface area (Å²) in [6, 6.07) is 10.1. The maximum Gasteiger partial charge on any atom is 0.225 e. The molecule has 4 rings (SSSR count). The summed E-state index contributed by atoms with van der Waals surface area (Å²) >= 11 is 0. The molecule has 0 aliphatic carbocycles. The van der Waals surface area contributed by atoms with Crippen molar-refractivity contribution in [2.45, 2.75) is 43.2 Å². The first kappa shape index (κ1) is 20.2. The van der Waals surface area contributed by atoms with Gasteiger partial charge >= 0.3 is 0 Å². The van der Waals surface area contributed by atoms with Crippen LogP contribution in [0.5, 0.6) is 5.75 Å². The maximum atomic E-state index is 14.7. The van der Waals surface area contributed by atoms with E-state index >= 15 is 0 Å². The Morgan fingerprint density at radius 2 is 1.86 bits per heavy atom. The highest BCUT2D eigenvalue weighted by molar-refractivity contribution is 5.42. The van der Waals surface area contributed by atoms with E-state index in [2.05, 4.69) is 0 Å².